The van der Waals surface area contributed by atoms with E-state index in [9.17, 15) is 4.79 Å². The minimum atomic E-state index is -0.319. The average molecular weight is 439 g/mol. The first-order valence-corrected chi connectivity index (χ1v) is 9.33. The number of ether oxygens (including phenoxy) is 3. The third kappa shape index (κ3) is 5.31. The molecule has 0 aliphatic heterocycles. The van der Waals surface area contributed by atoms with E-state index in [1.54, 1.807) is 36.7 Å². The number of hydrogen-bond donors (Lipinski definition) is 1. The molecule has 11 heteroatoms. The first-order chi connectivity index (χ1) is 15.1. The van der Waals surface area contributed by atoms with Crippen LogP contribution in [0, 0.1) is 0 Å². The summed E-state index contributed by atoms with van der Waals surface area (Å²) in [6, 6.07) is 7.15. The largest absolute Gasteiger partial charge is 0.467 e. The van der Waals surface area contributed by atoms with Crippen LogP contribution in [-0.4, -0.2) is 37.0 Å². The molecule has 4 rings (SSSR count). The maximum Gasteiger partial charge on any atom is 0.321 e. The number of aromatic amines is 1. The number of nitrogens with zero attached hydrogens (tertiary/aromatic N) is 5. The van der Waals surface area contributed by atoms with Crippen LogP contribution in [0.5, 0.6) is 29.5 Å². The Balaban J connectivity index is 1.40. The summed E-state index contributed by atoms with van der Waals surface area (Å²) >= 11 is 5.75. The zero-order valence-corrected chi connectivity index (χ0v) is 16.9. The number of rotatable bonds is 7. The molecule has 0 saturated carbocycles. The number of H-pyrrole nitrogens is 1. The maximum absolute atomic E-state index is 12.4. The number of methoxy groups -OCH3 is 1. The Morgan fingerprint density at radius 2 is 1.45 bits per heavy atom. The summed E-state index contributed by atoms with van der Waals surface area (Å²) in [6.07, 6.45) is 7.84. The molecule has 10 nitrogen and oxygen atoms in total. The van der Waals surface area contributed by atoms with E-state index in [1.807, 2.05) is 0 Å². The lowest BCUT2D eigenvalue weighted by Gasteiger charge is -2.07. The summed E-state index contributed by atoms with van der Waals surface area (Å²) in [5.74, 6) is 0.969. The highest BCUT2D eigenvalue weighted by Gasteiger charge is 2.08. The van der Waals surface area contributed by atoms with Gasteiger partial charge in [0, 0.05) is 30.6 Å². The van der Waals surface area contributed by atoms with Crippen molar-refractivity contribution >= 4 is 11.6 Å². The Morgan fingerprint density at radius 1 is 0.839 bits per heavy atom. The summed E-state index contributed by atoms with van der Waals surface area (Å²) in [6.45, 7) is 0. The quantitative estimate of drug-likeness (QED) is 0.463. The van der Waals surface area contributed by atoms with Crippen LogP contribution in [0.15, 0.2) is 60.0 Å². The third-order valence-electron chi connectivity index (χ3n) is 3.95. The molecule has 0 bridgehead atoms. The molecule has 156 valence electrons. The molecule has 1 N–H and O–H groups in total. The van der Waals surface area contributed by atoms with Crippen LogP contribution in [0.25, 0.3) is 0 Å². The molecule has 0 unspecified atom stereocenters. The van der Waals surface area contributed by atoms with Crippen molar-refractivity contribution in [3.63, 3.8) is 0 Å². The Labute approximate surface area is 180 Å². The van der Waals surface area contributed by atoms with E-state index >= 15 is 0 Å². The van der Waals surface area contributed by atoms with Gasteiger partial charge in [0.2, 0.25) is 0 Å². The lowest BCUT2D eigenvalue weighted by atomic mass is 10.1. The SMILES string of the molecule is COc1ncc(Cc2cnc(Oc3ccc(Oc4ncc(Cl)cn4)cc3)[nH]c2=O)cn1. The minimum Gasteiger partial charge on any atom is -0.467 e. The van der Waals surface area contributed by atoms with Crippen molar-refractivity contribution in [2.45, 2.75) is 6.42 Å². The lowest BCUT2D eigenvalue weighted by molar-refractivity contribution is 0.379. The lowest BCUT2D eigenvalue weighted by Crippen LogP contribution is -2.14. The van der Waals surface area contributed by atoms with Crippen LogP contribution in [0.2, 0.25) is 5.02 Å². The topological polar surface area (TPSA) is 125 Å². The summed E-state index contributed by atoms with van der Waals surface area (Å²) in [7, 11) is 1.48. The molecule has 31 heavy (non-hydrogen) atoms. The van der Waals surface area contributed by atoms with E-state index in [-0.39, 0.29) is 23.6 Å². The van der Waals surface area contributed by atoms with Crippen molar-refractivity contribution in [2.75, 3.05) is 7.11 Å². The Morgan fingerprint density at radius 3 is 2.06 bits per heavy atom. The van der Waals surface area contributed by atoms with Gasteiger partial charge in [0.25, 0.3) is 5.56 Å². The molecule has 0 spiro atoms. The fraction of sp³-hybridized carbons (Fsp3) is 0.100. The van der Waals surface area contributed by atoms with Gasteiger partial charge in [-0.15, -0.1) is 0 Å². The maximum atomic E-state index is 12.4. The molecule has 0 amide bonds. The molecule has 0 radical (unpaired) electrons. The summed E-state index contributed by atoms with van der Waals surface area (Å²) in [5, 5.41) is 0.418. The van der Waals surface area contributed by atoms with Gasteiger partial charge < -0.3 is 14.2 Å². The number of nitrogens with one attached hydrogen (secondary N) is 1. The zero-order valence-electron chi connectivity index (χ0n) is 16.2. The smallest absolute Gasteiger partial charge is 0.321 e. The van der Waals surface area contributed by atoms with E-state index < -0.39 is 0 Å². The minimum absolute atomic E-state index is 0.0643. The predicted octanol–water partition coefficient (Wildman–Crippen LogP) is 3.19. The predicted molar refractivity (Wildman–Crippen MR) is 110 cm³/mol. The number of aromatic nitrogens is 6. The highest BCUT2D eigenvalue weighted by atomic mass is 35.5. The van der Waals surface area contributed by atoms with Crippen LogP contribution < -0.4 is 19.8 Å². The monoisotopic (exact) mass is 438 g/mol. The van der Waals surface area contributed by atoms with Gasteiger partial charge in [0.15, 0.2) is 0 Å². The van der Waals surface area contributed by atoms with Crippen molar-refractivity contribution in [2.24, 2.45) is 0 Å². The van der Waals surface area contributed by atoms with Crippen molar-refractivity contribution < 1.29 is 14.2 Å². The molecular formula is C20H15ClN6O4. The van der Waals surface area contributed by atoms with Crippen molar-refractivity contribution in [1.29, 1.82) is 0 Å². The number of benzene rings is 1. The highest BCUT2D eigenvalue weighted by molar-refractivity contribution is 6.30. The van der Waals surface area contributed by atoms with E-state index in [2.05, 4.69) is 29.9 Å². The molecule has 0 aliphatic carbocycles. The number of hydrogen-bond acceptors (Lipinski definition) is 9. The van der Waals surface area contributed by atoms with Crippen LogP contribution in [0.4, 0.5) is 0 Å². The molecule has 3 heterocycles. The second-order valence-electron chi connectivity index (χ2n) is 6.16. The van der Waals surface area contributed by atoms with Gasteiger partial charge in [-0.25, -0.2) is 24.9 Å². The Hall–Kier alpha value is -4.05. The fourth-order valence-electron chi connectivity index (χ4n) is 2.49. The summed E-state index contributed by atoms with van der Waals surface area (Å²) in [5.41, 5.74) is 0.885. The Bertz CT molecular complexity index is 1210. The van der Waals surface area contributed by atoms with Crippen LogP contribution in [0.1, 0.15) is 11.1 Å². The Kier molecular flexibility index (Phi) is 5.99. The van der Waals surface area contributed by atoms with E-state index in [4.69, 9.17) is 25.8 Å². The van der Waals surface area contributed by atoms with E-state index in [0.717, 1.165) is 5.56 Å². The van der Waals surface area contributed by atoms with Crippen molar-refractivity contribution in [3.8, 4) is 29.5 Å². The molecule has 1 aromatic carbocycles. The first-order valence-electron chi connectivity index (χ1n) is 8.95. The standard InChI is InChI=1S/C20H15ClN6O4/c1-29-18-22-7-12(8-23-18)6-13-9-24-20(27-17(13)28)31-16-4-2-15(3-5-16)30-19-25-10-14(21)11-26-19/h2-5,7-11H,6H2,1H3,(H,24,27,28). The normalized spacial score (nSPS) is 10.5. The fourth-order valence-corrected chi connectivity index (χ4v) is 2.59. The second-order valence-corrected chi connectivity index (χ2v) is 6.59. The molecule has 0 atom stereocenters. The summed E-state index contributed by atoms with van der Waals surface area (Å²) in [4.78, 5) is 35.1. The van der Waals surface area contributed by atoms with Gasteiger partial charge in [0.05, 0.1) is 24.5 Å². The number of halogens is 1. The van der Waals surface area contributed by atoms with E-state index in [0.29, 0.717) is 28.5 Å². The van der Waals surface area contributed by atoms with Crippen molar-refractivity contribution in [3.05, 3.63) is 81.8 Å². The van der Waals surface area contributed by atoms with E-state index in [1.165, 1.54) is 25.7 Å². The van der Waals surface area contributed by atoms with Crippen molar-refractivity contribution in [1.82, 2.24) is 29.9 Å². The third-order valence-corrected chi connectivity index (χ3v) is 4.15. The molecular weight excluding hydrogens is 424 g/mol. The average Bonchev–Trinajstić information content (AvgIpc) is 2.79. The molecule has 4 aromatic rings. The van der Waals surface area contributed by atoms with Gasteiger partial charge in [-0.3, -0.25) is 9.78 Å². The van der Waals surface area contributed by atoms with Gasteiger partial charge in [-0.2, -0.15) is 0 Å². The van der Waals surface area contributed by atoms with Gasteiger partial charge in [-0.05, 0) is 29.8 Å². The highest BCUT2D eigenvalue weighted by Crippen LogP contribution is 2.24. The zero-order chi connectivity index (χ0) is 21.6. The molecule has 0 fully saturated rings. The van der Waals surface area contributed by atoms with Gasteiger partial charge in [-0.1, -0.05) is 11.6 Å². The summed E-state index contributed by atoms with van der Waals surface area (Å²) < 4.78 is 16.0. The second kappa shape index (κ2) is 9.18. The molecule has 0 saturated heterocycles. The first kappa shape index (κ1) is 20.2. The van der Waals surface area contributed by atoms with Gasteiger partial charge in [0.1, 0.15) is 11.5 Å². The van der Waals surface area contributed by atoms with Crippen LogP contribution >= 0.6 is 11.6 Å². The van der Waals surface area contributed by atoms with Crippen LogP contribution in [-0.2, 0) is 6.42 Å². The molecule has 0 aliphatic rings. The van der Waals surface area contributed by atoms with Crippen LogP contribution in [0.3, 0.4) is 0 Å². The van der Waals surface area contributed by atoms with Gasteiger partial charge >= 0.3 is 18.0 Å². The molecule has 3 aromatic heterocycles.